The smallest absolute Gasteiger partial charge is 0.258 e. The number of H-pyrrole nitrogens is 1. The van der Waals surface area contributed by atoms with Crippen LogP contribution in [0.5, 0.6) is 0 Å². The third-order valence-corrected chi connectivity index (χ3v) is 6.62. The number of likely N-dealkylation sites (tertiary alicyclic amines) is 1. The topological polar surface area (TPSA) is 101 Å². The number of aryl methyl sites for hydroxylation is 1. The first-order valence-electron chi connectivity index (χ1n) is 10.8. The van der Waals surface area contributed by atoms with Crippen LogP contribution in [0.1, 0.15) is 63.0 Å². The fourth-order valence-corrected chi connectivity index (χ4v) is 4.37. The molecule has 0 bridgehead atoms. The summed E-state index contributed by atoms with van der Waals surface area (Å²) in [4.78, 5) is 17.6. The SMILES string of the molecule is CCC(C)(C)n1nnnc1[C@H](c1cc2cccc(C)c2[nH]c1=O)[NH+]1CCC(O)CC1. The molecule has 0 amide bonds. The lowest BCUT2D eigenvalue weighted by molar-refractivity contribution is -0.932. The Morgan fingerprint density at radius 1 is 1.33 bits per heavy atom. The first-order chi connectivity index (χ1) is 14.3. The van der Waals surface area contributed by atoms with Gasteiger partial charge in [-0.1, -0.05) is 25.1 Å². The van der Waals surface area contributed by atoms with E-state index < -0.39 is 0 Å². The number of piperidine rings is 1. The number of hydrogen-bond donors (Lipinski definition) is 3. The van der Waals surface area contributed by atoms with Gasteiger partial charge in [-0.05, 0) is 54.6 Å². The zero-order valence-electron chi connectivity index (χ0n) is 18.1. The van der Waals surface area contributed by atoms with E-state index in [2.05, 4.69) is 41.3 Å². The number of aromatic nitrogens is 5. The number of aromatic amines is 1. The summed E-state index contributed by atoms with van der Waals surface area (Å²) >= 11 is 0. The molecule has 3 aromatic rings. The highest BCUT2D eigenvalue weighted by Crippen LogP contribution is 2.25. The predicted molar refractivity (Wildman–Crippen MR) is 115 cm³/mol. The Morgan fingerprint density at radius 3 is 2.77 bits per heavy atom. The van der Waals surface area contributed by atoms with E-state index in [1.807, 2.05) is 35.9 Å². The van der Waals surface area contributed by atoms with Gasteiger partial charge in [0.05, 0.1) is 35.8 Å². The molecule has 1 aromatic carbocycles. The van der Waals surface area contributed by atoms with E-state index in [1.54, 1.807) is 0 Å². The number of nitrogens with one attached hydrogen (secondary N) is 2. The molecule has 0 aliphatic carbocycles. The van der Waals surface area contributed by atoms with Crippen molar-refractivity contribution in [2.45, 2.75) is 64.6 Å². The zero-order chi connectivity index (χ0) is 21.5. The van der Waals surface area contributed by atoms with Gasteiger partial charge in [-0.2, -0.15) is 0 Å². The molecule has 3 N–H and O–H groups in total. The van der Waals surface area contributed by atoms with E-state index in [9.17, 15) is 9.90 Å². The number of aliphatic hydroxyl groups is 1. The van der Waals surface area contributed by atoms with Crippen molar-refractivity contribution < 1.29 is 10.0 Å². The third-order valence-electron chi connectivity index (χ3n) is 6.62. The molecule has 8 heteroatoms. The van der Waals surface area contributed by atoms with Crippen molar-refractivity contribution in [2.75, 3.05) is 13.1 Å². The summed E-state index contributed by atoms with van der Waals surface area (Å²) in [6.45, 7) is 9.83. The summed E-state index contributed by atoms with van der Waals surface area (Å²) in [5.41, 5.74) is 2.19. The van der Waals surface area contributed by atoms with Crippen molar-refractivity contribution >= 4 is 10.9 Å². The van der Waals surface area contributed by atoms with E-state index in [0.717, 1.165) is 36.0 Å². The Balaban J connectivity index is 1.90. The minimum atomic E-state index is -0.299. The van der Waals surface area contributed by atoms with E-state index in [4.69, 9.17) is 0 Å². The molecule has 160 valence electrons. The van der Waals surface area contributed by atoms with Gasteiger partial charge in [-0.25, -0.2) is 4.68 Å². The van der Waals surface area contributed by atoms with Crippen LogP contribution in [0, 0.1) is 6.92 Å². The summed E-state index contributed by atoms with van der Waals surface area (Å²) in [5.74, 6) is 0.700. The van der Waals surface area contributed by atoms with E-state index in [-0.39, 0.29) is 23.2 Å². The van der Waals surface area contributed by atoms with Gasteiger partial charge in [0.2, 0.25) is 5.82 Å². The highest BCUT2D eigenvalue weighted by molar-refractivity contribution is 5.82. The monoisotopic (exact) mass is 411 g/mol. The maximum absolute atomic E-state index is 13.3. The molecule has 1 atom stereocenters. The quantitative estimate of drug-likeness (QED) is 0.584. The lowest BCUT2D eigenvalue weighted by Crippen LogP contribution is -3.14. The normalized spacial score (nSPS) is 21.1. The number of fused-ring (bicyclic) bond motifs is 1. The van der Waals surface area contributed by atoms with Gasteiger partial charge in [-0.15, -0.1) is 5.10 Å². The summed E-state index contributed by atoms with van der Waals surface area (Å²) < 4.78 is 1.87. The average molecular weight is 412 g/mol. The molecule has 1 saturated heterocycles. The molecule has 0 spiro atoms. The minimum absolute atomic E-state index is 0.107. The summed E-state index contributed by atoms with van der Waals surface area (Å²) in [6, 6.07) is 7.71. The van der Waals surface area contributed by atoms with Gasteiger partial charge >= 0.3 is 0 Å². The van der Waals surface area contributed by atoms with Gasteiger partial charge in [0, 0.05) is 12.8 Å². The lowest BCUT2D eigenvalue weighted by Gasteiger charge is -2.34. The molecule has 0 radical (unpaired) electrons. The molecular formula is C22H31N6O2+. The molecule has 1 aliphatic heterocycles. The number of quaternary nitrogens is 1. The lowest BCUT2D eigenvalue weighted by atomic mass is 9.97. The molecule has 8 nitrogen and oxygen atoms in total. The molecule has 1 fully saturated rings. The Kier molecular flexibility index (Phi) is 5.46. The Hall–Kier alpha value is -2.58. The number of nitrogens with zero attached hydrogens (tertiary/aromatic N) is 4. The standard InChI is InChI=1S/C22H30N6O2/c1-5-22(3,4)28-20(24-25-26-28)19(27-11-9-16(29)10-12-27)17-13-15-8-6-7-14(2)18(15)23-21(17)30/h6-8,13,16,19,29H,5,9-12H2,1-4H3,(H,23,30)/p+1/t19-/m0/s1. The highest BCUT2D eigenvalue weighted by Gasteiger charge is 2.38. The van der Waals surface area contributed by atoms with Crippen LogP contribution in [0.25, 0.3) is 10.9 Å². The van der Waals surface area contributed by atoms with Crippen molar-refractivity contribution in [1.29, 1.82) is 0 Å². The second kappa shape index (κ2) is 7.92. The van der Waals surface area contributed by atoms with Crippen LogP contribution in [0.2, 0.25) is 0 Å². The zero-order valence-corrected chi connectivity index (χ0v) is 18.1. The Labute approximate surface area is 175 Å². The number of tetrazole rings is 1. The van der Waals surface area contributed by atoms with Crippen molar-refractivity contribution in [3.8, 4) is 0 Å². The fraction of sp³-hybridized carbons (Fsp3) is 0.545. The first kappa shape index (κ1) is 20.7. The Bertz CT molecular complexity index is 1090. The van der Waals surface area contributed by atoms with Crippen molar-refractivity contribution in [2.24, 2.45) is 0 Å². The van der Waals surface area contributed by atoms with Crippen molar-refractivity contribution in [3.63, 3.8) is 0 Å². The van der Waals surface area contributed by atoms with Gasteiger partial charge in [0.25, 0.3) is 5.56 Å². The average Bonchev–Trinajstić information content (AvgIpc) is 3.21. The number of rotatable bonds is 5. The maximum atomic E-state index is 13.3. The summed E-state index contributed by atoms with van der Waals surface area (Å²) in [6.07, 6.45) is 1.98. The number of pyridine rings is 1. The van der Waals surface area contributed by atoms with Crippen LogP contribution in [0.4, 0.5) is 0 Å². The number of hydrogen-bond acceptors (Lipinski definition) is 5. The van der Waals surface area contributed by atoms with Crippen molar-refractivity contribution in [3.05, 3.63) is 51.6 Å². The molecule has 0 unspecified atom stereocenters. The summed E-state index contributed by atoms with van der Waals surface area (Å²) in [5, 5.41) is 23.7. The maximum Gasteiger partial charge on any atom is 0.258 e. The first-order valence-corrected chi connectivity index (χ1v) is 10.8. The molecule has 2 aromatic heterocycles. The highest BCUT2D eigenvalue weighted by atomic mass is 16.3. The Morgan fingerprint density at radius 2 is 2.07 bits per heavy atom. The number of para-hydroxylation sites is 1. The second-order valence-corrected chi connectivity index (χ2v) is 9.03. The van der Waals surface area contributed by atoms with Crippen LogP contribution < -0.4 is 10.5 Å². The number of aliphatic hydroxyl groups excluding tert-OH is 1. The van der Waals surface area contributed by atoms with Gasteiger partial charge in [0.15, 0.2) is 6.04 Å². The van der Waals surface area contributed by atoms with Crippen LogP contribution in [-0.4, -0.2) is 49.5 Å². The van der Waals surface area contributed by atoms with Gasteiger partial charge in [0.1, 0.15) is 0 Å². The molecule has 4 rings (SSSR count). The molecule has 1 aliphatic rings. The van der Waals surface area contributed by atoms with Crippen LogP contribution >= 0.6 is 0 Å². The van der Waals surface area contributed by atoms with Gasteiger partial charge in [-0.3, -0.25) is 4.79 Å². The summed E-state index contributed by atoms with van der Waals surface area (Å²) in [7, 11) is 0. The number of benzene rings is 1. The molecule has 30 heavy (non-hydrogen) atoms. The van der Waals surface area contributed by atoms with E-state index in [0.29, 0.717) is 24.2 Å². The third kappa shape index (κ3) is 3.65. The van der Waals surface area contributed by atoms with Gasteiger partial charge < -0.3 is 15.0 Å². The fourth-order valence-electron chi connectivity index (χ4n) is 4.37. The van der Waals surface area contributed by atoms with Crippen LogP contribution in [0.15, 0.2) is 29.1 Å². The predicted octanol–water partition coefficient (Wildman–Crippen LogP) is 1.10. The van der Waals surface area contributed by atoms with E-state index in [1.165, 1.54) is 4.90 Å². The van der Waals surface area contributed by atoms with Crippen LogP contribution in [-0.2, 0) is 5.54 Å². The van der Waals surface area contributed by atoms with Crippen molar-refractivity contribution in [1.82, 2.24) is 25.2 Å². The molecule has 3 heterocycles. The van der Waals surface area contributed by atoms with E-state index >= 15 is 0 Å². The second-order valence-electron chi connectivity index (χ2n) is 9.03. The largest absolute Gasteiger partial charge is 0.393 e. The molecular weight excluding hydrogens is 380 g/mol. The minimum Gasteiger partial charge on any atom is -0.393 e. The van der Waals surface area contributed by atoms with Crippen LogP contribution in [0.3, 0.4) is 0 Å². The molecule has 0 saturated carbocycles.